The van der Waals surface area contributed by atoms with Gasteiger partial charge in [-0.1, -0.05) is 25.7 Å². The van der Waals surface area contributed by atoms with Gasteiger partial charge < -0.3 is 0 Å². The van der Waals surface area contributed by atoms with Gasteiger partial charge in [-0.2, -0.15) is 12.6 Å². The zero-order chi connectivity index (χ0) is 11.4. The van der Waals surface area contributed by atoms with Crippen LogP contribution < -0.4 is 0 Å². The number of thiol groups is 1. The van der Waals surface area contributed by atoms with Gasteiger partial charge in [0.05, 0.1) is 0 Å². The zero-order valence-electron chi connectivity index (χ0n) is 10.2. The molecule has 3 unspecified atom stereocenters. The molecule has 0 heterocycles. The first-order chi connectivity index (χ1) is 7.81. The van der Waals surface area contributed by atoms with Crippen molar-refractivity contribution in [3.05, 3.63) is 0 Å². The van der Waals surface area contributed by atoms with Crippen molar-refractivity contribution >= 4 is 18.4 Å². The summed E-state index contributed by atoms with van der Waals surface area (Å²) in [5.74, 6) is 3.62. The Bertz CT molecular complexity index is 239. The fourth-order valence-corrected chi connectivity index (χ4v) is 3.78. The summed E-state index contributed by atoms with van der Waals surface area (Å²) in [6.45, 7) is 0. The smallest absolute Gasteiger partial charge is 0.136 e. The van der Waals surface area contributed by atoms with Crippen LogP contribution in [-0.2, 0) is 4.79 Å². The van der Waals surface area contributed by atoms with E-state index < -0.39 is 0 Å². The summed E-state index contributed by atoms with van der Waals surface area (Å²) >= 11 is 4.18. The Morgan fingerprint density at radius 2 is 1.81 bits per heavy atom. The van der Waals surface area contributed by atoms with Crippen LogP contribution in [0, 0.1) is 17.8 Å². The Balaban J connectivity index is 1.82. The molecule has 0 N–H and O–H groups in total. The molecule has 0 saturated heterocycles. The molecule has 0 aromatic heterocycles. The molecular formula is C14H24OS. The summed E-state index contributed by atoms with van der Waals surface area (Å²) in [6, 6.07) is 0. The average molecular weight is 240 g/mol. The van der Waals surface area contributed by atoms with Gasteiger partial charge in [0, 0.05) is 12.3 Å². The number of ketones is 1. The normalized spacial score (nSPS) is 34.4. The quantitative estimate of drug-likeness (QED) is 0.738. The van der Waals surface area contributed by atoms with Gasteiger partial charge in [0.1, 0.15) is 5.78 Å². The van der Waals surface area contributed by atoms with Gasteiger partial charge in [0.15, 0.2) is 0 Å². The lowest BCUT2D eigenvalue weighted by molar-refractivity contribution is -0.125. The first-order valence-corrected chi connectivity index (χ1v) is 7.58. The molecule has 2 rings (SSSR count). The second-order valence-electron chi connectivity index (χ2n) is 5.61. The molecule has 1 nitrogen and oxygen atoms in total. The Hall–Kier alpha value is 0.0200. The van der Waals surface area contributed by atoms with Crippen LogP contribution in [0.5, 0.6) is 0 Å². The van der Waals surface area contributed by atoms with Crippen molar-refractivity contribution in [2.24, 2.45) is 17.8 Å². The molecule has 2 aliphatic carbocycles. The Labute approximate surface area is 105 Å². The van der Waals surface area contributed by atoms with Gasteiger partial charge in [-0.25, -0.2) is 0 Å². The highest BCUT2D eigenvalue weighted by atomic mass is 32.1. The molecule has 0 bridgehead atoms. The van der Waals surface area contributed by atoms with E-state index in [4.69, 9.17) is 0 Å². The number of Topliss-reactive ketones (excluding diaryl/α,β-unsaturated/α-hetero) is 1. The van der Waals surface area contributed by atoms with Gasteiger partial charge in [-0.3, -0.25) is 4.79 Å². The van der Waals surface area contributed by atoms with Crippen LogP contribution in [0.1, 0.15) is 57.8 Å². The van der Waals surface area contributed by atoms with E-state index in [9.17, 15) is 4.79 Å². The zero-order valence-corrected chi connectivity index (χ0v) is 11.1. The molecule has 0 amide bonds. The third kappa shape index (κ3) is 3.03. The molecule has 0 aliphatic heterocycles. The minimum Gasteiger partial charge on any atom is -0.299 e. The molecule has 0 spiro atoms. The maximum Gasteiger partial charge on any atom is 0.136 e. The van der Waals surface area contributed by atoms with Crippen molar-refractivity contribution in [2.75, 3.05) is 5.75 Å². The summed E-state index contributed by atoms with van der Waals surface area (Å²) in [5.41, 5.74) is 0. The van der Waals surface area contributed by atoms with E-state index in [0.717, 1.165) is 30.4 Å². The molecule has 2 heteroatoms. The SMILES string of the molecule is O=C(CCCS)C1CCC2CCCCC2C1. The van der Waals surface area contributed by atoms with Gasteiger partial charge in [0.25, 0.3) is 0 Å². The minimum absolute atomic E-state index is 0.402. The Morgan fingerprint density at radius 3 is 2.56 bits per heavy atom. The molecule has 3 atom stereocenters. The molecule has 0 aromatic carbocycles. The van der Waals surface area contributed by atoms with Crippen LogP contribution in [0.3, 0.4) is 0 Å². The third-order valence-electron chi connectivity index (χ3n) is 4.58. The van der Waals surface area contributed by atoms with Crippen LogP contribution in [0.25, 0.3) is 0 Å². The molecule has 2 fully saturated rings. The molecule has 2 saturated carbocycles. The van der Waals surface area contributed by atoms with Gasteiger partial charge >= 0.3 is 0 Å². The van der Waals surface area contributed by atoms with Crippen LogP contribution in [-0.4, -0.2) is 11.5 Å². The first-order valence-electron chi connectivity index (χ1n) is 6.95. The van der Waals surface area contributed by atoms with E-state index in [1.54, 1.807) is 0 Å². The molecule has 2 aliphatic rings. The lowest BCUT2D eigenvalue weighted by Crippen LogP contribution is -2.31. The van der Waals surface area contributed by atoms with E-state index in [1.165, 1.54) is 44.9 Å². The summed E-state index contributed by atoms with van der Waals surface area (Å²) in [6.07, 6.45) is 11.1. The summed E-state index contributed by atoms with van der Waals surface area (Å²) < 4.78 is 0. The number of hydrogen-bond acceptors (Lipinski definition) is 2. The average Bonchev–Trinajstić information content (AvgIpc) is 2.35. The number of carbonyl (C=O) groups is 1. The lowest BCUT2D eigenvalue weighted by atomic mass is 9.66. The van der Waals surface area contributed by atoms with Crippen LogP contribution >= 0.6 is 12.6 Å². The van der Waals surface area contributed by atoms with Crippen molar-refractivity contribution in [3.8, 4) is 0 Å². The van der Waals surface area contributed by atoms with E-state index in [2.05, 4.69) is 12.6 Å². The Morgan fingerprint density at radius 1 is 1.06 bits per heavy atom. The summed E-state index contributed by atoms with van der Waals surface area (Å²) in [5, 5.41) is 0. The van der Waals surface area contributed by atoms with Crippen molar-refractivity contribution in [2.45, 2.75) is 57.8 Å². The van der Waals surface area contributed by atoms with E-state index >= 15 is 0 Å². The van der Waals surface area contributed by atoms with Crippen molar-refractivity contribution in [1.29, 1.82) is 0 Å². The van der Waals surface area contributed by atoms with E-state index in [0.29, 0.717) is 11.7 Å². The standard InChI is InChI=1S/C14H24OS/c15-14(6-3-9-16)13-8-7-11-4-1-2-5-12(11)10-13/h11-13,16H,1-10H2. The molecule has 0 radical (unpaired) electrons. The van der Waals surface area contributed by atoms with Crippen LogP contribution in [0.2, 0.25) is 0 Å². The van der Waals surface area contributed by atoms with Crippen molar-refractivity contribution < 1.29 is 4.79 Å². The highest BCUT2D eigenvalue weighted by molar-refractivity contribution is 7.80. The predicted molar refractivity (Wildman–Crippen MR) is 70.9 cm³/mol. The van der Waals surface area contributed by atoms with Gasteiger partial charge in [0.2, 0.25) is 0 Å². The van der Waals surface area contributed by atoms with Crippen molar-refractivity contribution in [1.82, 2.24) is 0 Å². The van der Waals surface area contributed by atoms with E-state index in [1.807, 2.05) is 0 Å². The first kappa shape index (κ1) is 12.5. The summed E-state index contributed by atoms with van der Waals surface area (Å²) in [4.78, 5) is 12.0. The fourth-order valence-electron chi connectivity index (χ4n) is 3.62. The highest BCUT2D eigenvalue weighted by Gasteiger charge is 2.34. The maximum absolute atomic E-state index is 12.0. The van der Waals surface area contributed by atoms with Gasteiger partial charge in [-0.15, -0.1) is 0 Å². The fraction of sp³-hybridized carbons (Fsp3) is 0.929. The molecular weight excluding hydrogens is 216 g/mol. The number of carbonyl (C=O) groups excluding carboxylic acids is 1. The second-order valence-corrected chi connectivity index (χ2v) is 6.06. The monoisotopic (exact) mass is 240 g/mol. The summed E-state index contributed by atoms with van der Waals surface area (Å²) in [7, 11) is 0. The Kier molecular flexibility index (Phi) is 4.75. The van der Waals surface area contributed by atoms with Crippen molar-refractivity contribution in [3.63, 3.8) is 0 Å². The number of fused-ring (bicyclic) bond motifs is 1. The second kappa shape index (κ2) is 6.09. The van der Waals surface area contributed by atoms with Crippen LogP contribution in [0.4, 0.5) is 0 Å². The lowest BCUT2D eigenvalue weighted by Gasteiger charge is -2.38. The molecule has 16 heavy (non-hydrogen) atoms. The number of hydrogen-bond donors (Lipinski definition) is 1. The van der Waals surface area contributed by atoms with E-state index in [-0.39, 0.29) is 0 Å². The number of rotatable bonds is 4. The predicted octanol–water partition coefficient (Wildman–Crippen LogP) is 3.87. The minimum atomic E-state index is 0.402. The molecule has 0 aromatic rings. The van der Waals surface area contributed by atoms with Gasteiger partial charge in [-0.05, 0) is 43.3 Å². The molecule has 92 valence electrons. The highest BCUT2D eigenvalue weighted by Crippen LogP contribution is 2.43. The largest absolute Gasteiger partial charge is 0.299 e. The third-order valence-corrected chi connectivity index (χ3v) is 4.89. The maximum atomic E-state index is 12.0. The van der Waals surface area contributed by atoms with Crippen LogP contribution in [0.15, 0.2) is 0 Å². The topological polar surface area (TPSA) is 17.1 Å².